The molecule has 1 unspecified atom stereocenters. The average Bonchev–Trinajstić information content (AvgIpc) is 2.74. The van der Waals surface area contributed by atoms with Gasteiger partial charge in [0.05, 0.1) is 16.3 Å². The lowest BCUT2D eigenvalue weighted by molar-refractivity contribution is -0.137. The number of aromatic hydroxyl groups is 1. The molecule has 0 aromatic heterocycles. The molecule has 0 saturated heterocycles. The van der Waals surface area contributed by atoms with E-state index in [1.165, 1.54) is 0 Å². The first-order valence-electron chi connectivity index (χ1n) is 9.14. The van der Waals surface area contributed by atoms with E-state index < -0.39 is 57.3 Å². The highest BCUT2D eigenvalue weighted by molar-refractivity contribution is 7.86. The zero-order valence-electron chi connectivity index (χ0n) is 16.2. The first kappa shape index (κ1) is 23.0. The fourth-order valence-corrected chi connectivity index (χ4v) is 4.53. The lowest BCUT2D eigenvalue weighted by Gasteiger charge is -2.16. The summed E-state index contributed by atoms with van der Waals surface area (Å²) in [5.41, 5.74) is -2.26. The van der Waals surface area contributed by atoms with Gasteiger partial charge < -0.3 is 10.4 Å². The Morgan fingerprint density at radius 3 is 2.42 bits per heavy atom. The fourth-order valence-electron chi connectivity index (χ4n) is 3.27. The number of hydrogen-bond acceptors (Lipinski definition) is 3. The molecule has 0 radical (unpaired) electrons. The SMILES string of the molecule is O=C1NCc2ccc(C(F)(F)F)cc2-c2cc(c(F)cc2F)NS(=O)c2cc1cc(Cl)c2O. The summed E-state index contributed by atoms with van der Waals surface area (Å²) in [6, 6.07) is 5.98. The Balaban J connectivity index is 1.97. The van der Waals surface area contributed by atoms with E-state index in [0.29, 0.717) is 12.1 Å². The van der Waals surface area contributed by atoms with Gasteiger partial charge in [-0.15, -0.1) is 0 Å². The van der Waals surface area contributed by atoms with Gasteiger partial charge in [-0.3, -0.25) is 9.52 Å². The van der Waals surface area contributed by atoms with Crippen LogP contribution in [0.4, 0.5) is 27.6 Å². The van der Waals surface area contributed by atoms with Gasteiger partial charge in [-0.25, -0.2) is 13.0 Å². The average molecular weight is 503 g/mol. The number of phenols is 1. The standard InChI is InChI=1S/C21H12ClF5N2O3S/c22-14-3-10-4-18(19(14)30)33(32)29-17-6-13(15(23)7-16(17)24)12-5-11(21(25,26)27)2-1-9(12)8-28-20(10)31/h1-7,29-30H,8H2,(H,28,31). The molecular formula is C21H12ClF5N2O3S. The minimum atomic E-state index is -4.74. The van der Waals surface area contributed by atoms with E-state index in [1.54, 1.807) is 0 Å². The van der Waals surface area contributed by atoms with E-state index in [0.717, 1.165) is 30.3 Å². The van der Waals surface area contributed by atoms with Gasteiger partial charge >= 0.3 is 6.18 Å². The highest BCUT2D eigenvalue weighted by Crippen LogP contribution is 2.38. The Bertz CT molecular complexity index is 1330. The maximum absolute atomic E-state index is 14.7. The molecule has 33 heavy (non-hydrogen) atoms. The van der Waals surface area contributed by atoms with Crippen LogP contribution in [-0.4, -0.2) is 15.2 Å². The summed E-state index contributed by atoms with van der Waals surface area (Å²) in [6.45, 7) is -0.317. The third-order valence-electron chi connectivity index (χ3n) is 4.92. The molecule has 3 N–H and O–H groups in total. The van der Waals surface area contributed by atoms with Gasteiger partial charge in [0.1, 0.15) is 16.5 Å². The number of benzene rings is 3. The molecule has 1 heterocycles. The van der Waals surface area contributed by atoms with Crippen molar-refractivity contribution in [2.45, 2.75) is 17.6 Å². The lowest BCUT2D eigenvalue weighted by atomic mass is 9.95. The van der Waals surface area contributed by atoms with Crippen molar-refractivity contribution in [2.24, 2.45) is 0 Å². The Kier molecular flexibility index (Phi) is 5.79. The molecule has 1 atom stereocenters. The first-order chi connectivity index (χ1) is 15.5. The second-order valence-corrected chi connectivity index (χ2v) is 8.63. The molecule has 0 fully saturated rings. The molecule has 4 bridgehead atoms. The molecule has 0 spiro atoms. The van der Waals surface area contributed by atoms with Crippen LogP contribution < -0.4 is 10.0 Å². The van der Waals surface area contributed by atoms with Crippen LogP contribution in [0.3, 0.4) is 0 Å². The Morgan fingerprint density at radius 2 is 1.73 bits per heavy atom. The maximum Gasteiger partial charge on any atom is 0.416 e. The molecule has 3 aromatic carbocycles. The third-order valence-corrected chi connectivity index (χ3v) is 6.32. The third kappa shape index (κ3) is 4.38. The van der Waals surface area contributed by atoms with Crippen LogP contribution in [0.5, 0.6) is 5.75 Å². The van der Waals surface area contributed by atoms with Crippen molar-refractivity contribution in [1.29, 1.82) is 0 Å². The second kappa shape index (κ2) is 8.31. The smallest absolute Gasteiger partial charge is 0.416 e. The van der Waals surface area contributed by atoms with E-state index in [4.69, 9.17) is 11.6 Å². The van der Waals surface area contributed by atoms with Gasteiger partial charge in [-0.05, 0) is 41.5 Å². The number of hydrogen-bond donors (Lipinski definition) is 3. The molecule has 1 aliphatic rings. The number of rotatable bonds is 0. The van der Waals surface area contributed by atoms with Crippen LogP contribution in [0.2, 0.25) is 5.02 Å². The summed E-state index contributed by atoms with van der Waals surface area (Å²) in [4.78, 5) is 12.3. The van der Waals surface area contributed by atoms with Crippen molar-refractivity contribution in [3.05, 3.63) is 75.8 Å². The minimum absolute atomic E-state index is 0.110. The Morgan fingerprint density at radius 1 is 1.00 bits per heavy atom. The molecule has 3 aromatic rings. The molecule has 5 nitrogen and oxygen atoms in total. The van der Waals surface area contributed by atoms with Crippen LogP contribution in [0, 0.1) is 11.6 Å². The summed E-state index contributed by atoms with van der Waals surface area (Å²) < 4.78 is 84.0. The van der Waals surface area contributed by atoms with Gasteiger partial charge in [0, 0.05) is 23.7 Å². The summed E-state index contributed by atoms with van der Waals surface area (Å²) in [5, 5.41) is 12.3. The predicted octanol–water partition coefficient (Wildman–Crippen LogP) is 5.39. The van der Waals surface area contributed by atoms with E-state index in [9.17, 15) is 36.1 Å². The molecule has 4 rings (SSSR count). The van der Waals surface area contributed by atoms with Gasteiger partial charge in [-0.2, -0.15) is 13.2 Å². The van der Waals surface area contributed by atoms with Crippen LogP contribution in [-0.2, 0) is 23.7 Å². The van der Waals surface area contributed by atoms with Gasteiger partial charge in [0.15, 0.2) is 16.7 Å². The van der Waals surface area contributed by atoms with Crippen molar-refractivity contribution in [3.63, 3.8) is 0 Å². The molecule has 1 aliphatic heterocycles. The van der Waals surface area contributed by atoms with Crippen molar-refractivity contribution in [3.8, 4) is 16.9 Å². The van der Waals surface area contributed by atoms with Crippen molar-refractivity contribution >= 4 is 34.2 Å². The molecule has 12 heteroatoms. The van der Waals surface area contributed by atoms with E-state index in [2.05, 4.69) is 10.0 Å². The number of amides is 1. The van der Waals surface area contributed by atoms with E-state index >= 15 is 0 Å². The molecule has 172 valence electrons. The fraction of sp³-hybridized carbons (Fsp3) is 0.0952. The molecule has 0 aliphatic carbocycles. The van der Waals surface area contributed by atoms with Crippen LogP contribution >= 0.6 is 11.6 Å². The summed E-state index contributed by atoms with van der Waals surface area (Å²) in [5.74, 6) is -3.73. The number of halogens is 6. The largest absolute Gasteiger partial charge is 0.505 e. The van der Waals surface area contributed by atoms with Crippen LogP contribution in [0.15, 0.2) is 47.4 Å². The number of phenolic OH excluding ortho intramolecular Hbond substituents is 1. The maximum atomic E-state index is 14.7. The number of anilines is 1. The van der Waals surface area contributed by atoms with E-state index in [-0.39, 0.29) is 33.2 Å². The van der Waals surface area contributed by atoms with Crippen molar-refractivity contribution in [2.75, 3.05) is 4.72 Å². The number of nitrogens with one attached hydrogen (secondary N) is 2. The number of fused-ring (bicyclic) bond motifs is 6. The lowest BCUT2D eigenvalue weighted by Crippen LogP contribution is -2.23. The summed E-state index contributed by atoms with van der Waals surface area (Å²) in [6.07, 6.45) is -4.74. The summed E-state index contributed by atoms with van der Waals surface area (Å²) >= 11 is 5.93. The molecule has 0 saturated carbocycles. The molecular weight excluding hydrogens is 491 g/mol. The Hall–Kier alpha value is -3.18. The quantitative estimate of drug-likeness (QED) is 0.361. The number of carbonyl (C=O) groups is 1. The topological polar surface area (TPSA) is 78.4 Å². The zero-order valence-corrected chi connectivity index (χ0v) is 17.8. The van der Waals surface area contributed by atoms with Crippen molar-refractivity contribution in [1.82, 2.24) is 5.32 Å². The first-order valence-corrected chi connectivity index (χ1v) is 10.7. The van der Waals surface area contributed by atoms with Gasteiger partial charge in [0.2, 0.25) is 0 Å². The van der Waals surface area contributed by atoms with Crippen LogP contribution in [0.1, 0.15) is 21.5 Å². The summed E-state index contributed by atoms with van der Waals surface area (Å²) in [7, 11) is -2.37. The van der Waals surface area contributed by atoms with Crippen molar-refractivity contribution < 1.29 is 36.1 Å². The zero-order chi connectivity index (χ0) is 24.1. The van der Waals surface area contributed by atoms with E-state index in [1.807, 2.05) is 0 Å². The van der Waals surface area contributed by atoms with Gasteiger partial charge in [0.25, 0.3) is 5.91 Å². The minimum Gasteiger partial charge on any atom is -0.505 e. The predicted molar refractivity (Wildman–Crippen MR) is 111 cm³/mol. The second-order valence-electron chi connectivity index (χ2n) is 7.04. The Labute approximate surface area is 190 Å². The number of alkyl halides is 3. The highest BCUT2D eigenvalue weighted by Gasteiger charge is 2.32. The highest BCUT2D eigenvalue weighted by atomic mass is 35.5. The monoisotopic (exact) mass is 502 g/mol. The number of carbonyl (C=O) groups excluding carboxylic acids is 1. The molecule has 1 amide bonds. The normalized spacial score (nSPS) is 15.9. The van der Waals surface area contributed by atoms with Crippen LogP contribution in [0.25, 0.3) is 11.1 Å². The van der Waals surface area contributed by atoms with Gasteiger partial charge in [-0.1, -0.05) is 17.7 Å².